The molecule has 1 atom stereocenters. The highest BCUT2D eigenvalue weighted by atomic mass is 32.2. The maximum atomic E-state index is 14.3. The molecule has 13 heteroatoms. The molecule has 2 aromatic heterocycles. The minimum Gasteiger partial charge on any atom is -0.339 e. The number of anilines is 2. The summed E-state index contributed by atoms with van der Waals surface area (Å²) in [5, 5.41) is 4.01. The second-order valence-electron chi connectivity index (χ2n) is 10.9. The van der Waals surface area contributed by atoms with Gasteiger partial charge in [0.05, 0.1) is 17.6 Å². The van der Waals surface area contributed by atoms with E-state index in [1.165, 1.54) is 18.2 Å². The van der Waals surface area contributed by atoms with Crippen LogP contribution in [0.2, 0.25) is 0 Å². The Bertz CT molecular complexity index is 1530. The van der Waals surface area contributed by atoms with E-state index in [4.69, 9.17) is 4.78 Å². The topological polar surface area (TPSA) is 94.7 Å². The van der Waals surface area contributed by atoms with Crippen LogP contribution in [-0.2, 0) is 19.9 Å². The molecule has 2 fully saturated rings. The van der Waals surface area contributed by atoms with Gasteiger partial charge in [-0.15, -0.1) is 5.10 Å². The van der Waals surface area contributed by atoms with Gasteiger partial charge >= 0.3 is 6.18 Å². The average molecular weight is 565 g/mol. The van der Waals surface area contributed by atoms with Crippen molar-refractivity contribution in [2.75, 3.05) is 30.0 Å². The van der Waals surface area contributed by atoms with Crippen LogP contribution in [0.5, 0.6) is 0 Å². The van der Waals surface area contributed by atoms with Gasteiger partial charge in [-0.1, -0.05) is 12.1 Å². The van der Waals surface area contributed by atoms with Crippen LogP contribution >= 0.6 is 0 Å². The van der Waals surface area contributed by atoms with E-state index < -0.39 is 39.7 Å². The second kappa shape index (κ2) is 8.90. The van der Waals surface area contributed by atoms with E-state index in [1.54, 1.807) is 22.8 Å². The van der Waals surface area contributed by atoms with Crippen molar-refractivity contribution in [3.63, 3.8) is 0 Å². The summed E-state index contributed by atoms with van der Waals surface area (Å²) >= 11 is 0. The van der Waals surface area contributed by atoms with Crippen LogP contribution in [0.3, 0.4) is 0 Å². The van der Waals surface area contributed by atoms with Crippen LogP contribution in [0, 0.1) is 16.6 Å². The van der Waals surface area contributed by atoms with Gasteiger partial charge in [0.1, 0.15) is 0 Å². The van der Waals surface area contributed by atoms with E-state index in [2.05, 4.69) is 10.1 Å². The molecule has 1 aromatic carbocycles. The van der Waals surface area contributed by atoms with Crippen LogP contribution in [0.1, 0.15) is 49.4 Å². The highest BCUT2D eigenvalue weighted by Crippen LogP contribution is 2.57. The molecule has 1 aliphatic carbocycles. The summed E-state index contributed by atoms with van der Waals surface area (Å²) < 4.78 is 77.9. The molecule has 4 heterocycles. The van der Waals surface area contributed by atoms with E-state index in [-0.39, 0.29) is 35.3 Å². The summed E-state index contributed by atoms with van der Waals surface area (Å²) in [5.74, 6) is -1.92. The number of benzene rings is 1. The van der Waals surface area contributed by atoms with Gasteiger partial charge in [0.15, 0.2) is 11.7 Å². The third-order valence-electron chi connectivity index (χ3n) is 8.40. The number of alkyl halides is 3. The number of carbonyl (C=O) groups excluding carboxylic acids is 1. The Morgan fingerprint density at radius 1 is 1.18 bits per heavy atom. The van der Waals surface area contributed by atoms with Crippen LogP contribution in [0.4, 0.5) is 28.9 Å². The molecule has 208 valence electrons. The Labute approximate surface area is 223 Å². The summed E-state index contributed by atoms with van der Waals surface area (Å²) in [6.45, 7) is 0.630. The predicted octanol–water partition coefficient (Wildman–Crippen LogP) is 4.96. The minimum atomic E-state index is -4.71. The number of halogens is 4. The van der Waals surface area contributed by atoms with E-state index >= 15 is 0 Å². The van der Waals surface area contributed by atoms with Crippen molar-refractivity contribution < 1.29 is 26.6 Å². The lowest BCUT2D eigenvalue weighted by atomic mass is 9.91. The third-order valence-corrected chi connectivity index (χ3v) is 10.2. The predicted molar refractivity (Wildman–Crippen MR) is 137 cm³/mol. The number of nitrogens with one attached hydrogen (secondary N) is 1. The zero-order chi connectivity index (χ0) is 27.7. The second-order valence-corrected chi connectivity index (χ2v) is 13.3. The molecule has 3 aromatic rings. The quantitative estimate of drug-likeness (QED) is 0.452. The highest BCUT2D eigenvalue weighted by molar-refractivity contribution is 7.92. The van der Waals surface area contributed by atoms with Gasteiger partial charge in [0.2, 0.25) is 11.9 Å². The average Bonchev–Trinajstić information content (AvgIpc) is 3.53. The van der Waals surface area contributed by atoms with Gasteiger partial charge < -0.3 is 9.80 Å². The molecule has 0 bridgehead atoms. The van der Waals surface area contributed by atoms with Crippen molar-refractivity contribution in [3.05, 3.63) is 53.7 Å². The maximum absolute atomic E-state index is 14.3. The Balaban J connectivity index is 1.29. The number of fused-ring (bicyclic) bond motifs is 4. The number of carbonyl (C=O) groups is 1. The molecule has 1 N–H and O–H groups in total. The first kappa shape index (κ1) is 26.0. The first-order valence-corrected chi connectivity index (χ1v) is 14.8. The molecule has 0 radical (unpaired) electrons. The zero-order valence-electron chi connectivity index (χ0n) is 21.2. The Hall–Kier alpha value is -3.22. The molecule has 1 spiro atoms. The molecular formula is C26H28F4N6O2S. The molecule has 6 rings (SSSR count). The third kappa shape index (κ3) is 4.53. The SMILES string of the molecule is CN(C(=O)C1CCS(=N)(=O)CC1)[C@@H](c1ccc(N2CCC3(CC3)c3c2cnc2cc(F)nn32)cc1)C(F)(F)F. The Morgan fingerprint density at radius 3 is 2.46 bits per heavy atom. The number of amides is 1. The molecule has 1 saturated carbocycles. The van der Waals surface area contributed by atoms with E-state index in [1.807, 2.05) is 4.90 Å². The van der Waals surface area contributed by atoms with Gasteiger partial charge in [0.25, 0.3) is 0 Å². The summed E-state index contributed by atoms with van der Waals surface area (Å²) in [4.78, 5) is 20.1. The summed E-state index contributed by atoms with van der Waals surface area (Å²) in [7, 11) is -1.60. The van der Waals surface area contributed by atoms with E-state index in [0.717, 1.165) is 42.6 Å². The number of hydrogen-bond acceptors (Lipinski definition) is 6. The molecule has 0 unspecified atom stereocenters. The van der Waals surface area contributed by atoms with Crippen LogP contribution in [0.15, 0.2) is 36.5 Å². The van der Waals surface area contributed by atoms with Gasteiger partial charge in [-0.05, 0) is 49.8 Å². The molecule has 2 aliphatic heterocycles. The fraction of sp³-hybridized carbons (Fsp3) is 0.500. The standard InChI is InChI=1S/C26H28F4N6O2S/c1-34(24(37)17-6-12-39(31,38)13-7-17)22(26(28,29)30)16-2-4-18(5-3-16)35-11-10-25(8-9-25)23-19(35)15-32-21-14-20(27)33-36(21)23/h2-5,14-15,17,22,31H,6-13H2,1H3/t17?,22-,39?/m0/s1. The molecule has 1 amide bonds. The summed E-state index contributed by atoms with van der Waals surface area (Å²) in [6.07, 6.45) is -0.0279. The molecule has 8 nitrogen and oxygen atoms in total. The maximum Gasteiger partial charge on any atom is 0.413 e. The van der Waals surface area contributed by atoms with E-state index in [9.17, 15) is 26.6 Å². The number of nitrogens with zero attached hydrogens (tertiary/aromatic N) is 5. The van der Waals surface area contributed by atoms with Crippen molar-refractivity contribution in [1.29, 1.82) is 4.78 Å². The Morgan fingerprint density at radius 2 is 1.85 bits per heavy atom. The molecule has 1 saturated heterocycles. The number of aromatic nitrogens is 3. The molecule has 39 heavy (non-hydrogen) atoms. The highest BCUT2D eigenvalue weighted by Gasteiger charge is 2.51. The monoisotopic (exact) mass is 564 g/mol. The van der Waals surface area contributed by atoms with Gasteiger partial charge in [-0.25, -0.2) is 13.7 Å². The van der Waals surface area contributed by atoms with Crippen molar-refractivity contribution in [1.82, 2.24) is 19.5 Å². The van der Waals surface area contributed by atoms with E-state index in [0.29, 0.717) is 17.9 Å². The number of rotatable bonds is 4. The summed E-state index contributed by atoms with van der Waals surface area (Å²) in [5.41, 5.74) is 2.54. The Kier molecular flexibility index (Phi) is 5.94. The van der Waals surface area contributed by atoms with Crippen LogP contribution in [0.25, 0.3) is 5.65 Å². The van der Waals surface area contributed by atoms with Crippen LogP contribution in [-0.4, -0.2) is 60.9 Å². The lowest BCUT2D eigenvalue weighted by Crippen LogP contribution is -2.44. The lowest BCUT2D eigenvalue weighted by Gasteiger charge is -2.36. The van der Waals surface area contributed by atoms with Gasteiger partial charge in [-0.3, -0.25) is 9.57 Å². The lowest BCUT2D eigenvalue weighted by molar-refractivity contribution is -0.190. The first-order chi connectivity index (χ1) is 18.4. The van der Waals surface area contributed by atoms with Gasteiger partial charge in [-0.2, -0.15) is 17.6 Å². The van der Waals surface area contributed by atoms with Crippen molar-refractivity contribution in [2.45, 2.75) is 49.7 Å². The zero-order valence-corrected chi connectivity index (χ0v) is 22.1. The normalized spacial score (nSPS) is 24.9. The van der Waals surface area contributed by atoms with Crippen molar-refractivity contribution in [3.8, 4) is 0 Å². The fourth-order valence-electron chi connectivity index (χ4n) is 6.10. The minimum absolute atomic E-state index is 0.0214. The van der Waals surface area contributed by atoms with Crippen LogP contribution < -0.4 is 4.90 Å². The largest absolute Gasteiger partial charge is 0.413 e. The molecular weight excluding hydrogens is 536 g/mol. The first-order valence-electron chi connectivity index (χ1n) is 12.9. The number of hydrogen-bond donors (Lipinski definition) is 1. The van der Waals surface area contributed by atoms with Gasteiger partial charge in [0, 0.05) is 57.9 Å². The molecule has 3 aliphatic rings. The fourth-order valence-corrected chi connectivity index (χ4v) is 7.64. The van der Waals surface area contributed by atoms with Crippen molar-refractivity contribution >= 4 is 32.7 Å². The summed E-state index contributed by atoms with van der Waals surface area (Å²) in [6, 6.07) is 5.11. The van der Waals surface area contributed by atoms with Crippen molar-refractivity contribution in [2.24, 2.45) is 5.92 Å². The smallest absolute Gasteiger partial charge is 0.339 e.